The van der Waals surface area contributed by atoms with Crippen LogP contribution in [0.25, 0.3) is 10.8 Å². The van der Waals surface area contributed by atoms with Gasteiger partial charge in [-0.3, -0.25) is 4.98 Å². The van der Waals surface area contributed by atoms with Gasteiger partial charge in [-0.05, 0) is 58.2 Å². The Hall–Kier alpha value is -3.42. The summed E-state index contributed by atoms with van der Waals surface area (Å²) in [5, 5.41) is 5.72. The summed E-state index contributed by atoms with van der Waals surface area (Å²) in [6.07, 6.45) is 14.1. The van der Waals surface area contributed by atoms with E-state index >= 15 is 0 Å². The van der Waals surface area contributed by atoms with Crippen LogP contribution in [0.4, 0.5) is 22.1 Å². The fraction of sp³-hybridized carbons (Fsp3) is 0.500. The monoisotopic (exact) mass is 488 g/mol. The van der Waals surface area contributed by atoms with Gasteiger partial charge in [0, 0.05) is 66.4 Å². The highest BCUT2D eigenvalue weighted by molar-refractivity contribution is 5.93. The number of hydrogen-bond acceptors (Lipinski definition) is 7. The standard InChI is InChI=1S/C28H36N6O2/c1-28(2,3)36-27(35)33-16-12-23(19-33)34(26-24-11-13-29-18-20(24)9-14-31-26)22-10-15-30-25(17-22)32-21-7-5-4-6-8-21/h9-11,13-15,17-18,21,23H,4-8,12,16,19H2,1-3H3,(H,30,32)/t23-/m1/s1. The first-order chi connectivity index (χ1) is 17.4. The molecule has 4 heterocycles. The summed E-state index contributed by atoms with van der Waals surface area (Å²) >= 11 is 0. The van der Waals surface area contributed by atoms with Crippen molar-refractivity contribution in [3.63, 3.8) is 0 Å². The van der Waals surface area contributed by atoms with E-state index in [2.05, 4.69) is 26.3 Å². The zero-order valence-corrected chi connectivity index (χ0v) is 21.5. The minimum absolute atomic E-state index is 0.0497. The molecule has 0 spiro atoms. The average molecular weight is 489 g/mol. The molecule has 5 rings (SSSR count). The normalized spacial score (nSPS) is 18.9. The van der Waals surface area contributed by atoms with Crippen LogP contribution in [0.15, 0.2) is 49.1 Å². The Balaban J connectivity index is 1.48. The molecule has 8 heteroatoms. The van der Waals surface area contributed by atoms with Crippen LogP contribution < -0.4 is 10.2 Å². The van der Waals surface area contributed by atoms with Gasteiger partial charge in [-0.1, -0.05) is 19.3 Å². The number of rotatable bonds is 5. The number of fused-ring (bicyclic) bond motifs is 1. The van der Waals surface area contributed by atoms with Crippen LogP contribution in [0.3, 0.4) is 0 Å². The largest absolute Gasteiger partial charge is 0.444 e. The van der Waals surface area contributed by atoms with Crippen LogP contribution in [-0.2, 0) is 4.74 Å². The van der Waals surface area contributed by atoms with E-state index in [9.17, 15) is 4.79 Å². The van der Waals surface area contributed by atoms with Crippen molar-refractivity contribution in [2.45, 2.75) is 77.0 Å². The molecule has 0 aromatic carbocycles. The van der Waals surface area contributed by atoms with Crippen molar-refractivity contribution in [1.82, 2.24) is 19.9 Å². The lowest BCUT2D eigenvalue weighted by atomic mass is 9.95. The zero-order valence-electron chi connectivity index (χ0n) is 21.5. The summed E-state index contributed by atoms with van der Waals surface area (Å²) in [7, 11) is 0. The van der Waals surface area contributed by atoms with Gasteiger partial charge in [0.05, 0.1) is 6.04 Å². The Kier molecular flexibility index (Phi) is 6.94. The second-order valence-corrected chi connectivity index (χ2v) is 10.8. The molecule has 1 amide bonds. The van der Waals surface area contributed by atoms with Gasteiger partial charge in [0.2, 0.25) is 0 Å². The molecule has 2 fully saturated rings. The second kappa shape index (κ2) is 10.3. The minimum Gasteiger partial charge on any atom is -0.444 e. The Labute approximate surface area is 213 Å². The third kappa shape index (κ3) is 5.53. The third-order valence-electron chi connectivity index (χ3n) is 6.93. The fourth-order valence-electron chi connectivity index (χ4n) is 5.25. The molecule has 1 aliphatic heterocycles. The molecule has 36 heavy (non-hydrogen) atoms. The van der Waals surface area contributed by atoms with Crippen LogP contribution in [-0.4, -0.2) is 56.7 Å². The molecule has 3 aromatic heterocycles. The highest BCUT2D eigenvalue weighted by Crippen LogP contribution is 2.36. The zero-order chi connectivity index (χ0) is 25.1. The molecule has 1 saturated carbocycles. The lowest BCUT2D eigenvalue weighted by Crippen LogP contribution is -2.39. The molecule has 1 atom stereocenters. The van der Waals surface area contributed by atoms with Gasteiger partial charge in [0.1, 0.15) is 17.2 Å². The van der Waals surface area contributed by atoms with Gasteiger partial charge in [-0.15, -0.1) is 0 Å². The lowest BCUT2D eigenvalue weighted by Gasteiger charge is -2.32. The quantitative estimate of drug-likeness (QED) is 0.477. The van der Waals surface area contributed by atoms with Crippen molar-refractivity contribution in [3.8, 4) is 0 Å². The topological polar surface area (TPSA) is 83.5 Å². The van der Waals surface area contributed by atoms with Crippen molar-refractivity contribution in [3.05, 3.63) is 49.1 Å². The maximum absolute atomic E-state index is 12.8. The highest BCUT2D eigenvalue weighted by atomic mass is 16.6. The summed E-state index contributed by atoms with van der Waals surface area (Å²) in [4.78, 5) is 30.7. The van der Waals surface area contributed by atoms with Crippen LogP contribution in [0, 0.1) is 0 Å². The Morgan fingerprint density at radius 2 is 1.86 bits per heavy atom. The molecular formula is C28H36N6O2. The highest BCUT2D eigenvalue weighted by Gasteiger charge is 2.35. The lowest BCUT2D eigenvalue weighted by molar-refractivity contribution is 0.0293. The number of likely N-dealkylation sites (tertiary alicyclic amines) is 1. The second-order valence-electron chi connectivity index (χ2n) is 10.8. The molecule has 0 radical (unpaired) electrons. The molecule has 1 aliphatic carbocycles. The molecule has 3 aromatic rings. The third-order valence-corrected chi connectivity index (χ3v) is 6.93. The van der Waals surface area contributed by atoms with E-state index in [1.54, 1.807) is 11.1 Å². The Morgan fingerprint density at radius 3 is 2.67 bits per heavy atom. The number of carbonyl (C=O) groups is 1. The van der Waals surface area contributed by atoms with E-state index in [0.717, 1.165) is 34.5 Å². The van der Waals surface area contributed by atoms with Gasteiger partial charge in [-0.2, -0.15) is 0 Å². The van der Waals surface area contributed by atoms with Crippen molar-refractivity contribution in [1.29, 1.82) is 0 Å². The van der Waals surface area contributed by atoms with Gasteiger partial charge < -0.3 is 19.9 Å². The van der Waals surface area contributed by atoms with Crippen LogP contribution in [0.5, 0.6) is 0 Å². The van der Waals surface area contributed by atoms with E-state index in [1.165, 1.54) is 32.1 Å². The van der Waals surface area contributed by atoms with Gasteiger partial charge in [0.15, 0.2) is 0 Å². The van der Waals surface area contributed by atoms with Gasteiger partial charge >= 0.3 is 6.09 Å². The average Bonchev–Trinajstić information content (AvgIpc) is 3.34. The first-order valence-electron chi connectivity index (χ1n) is 13.1. The van der Waals surface area contributed by atoms with Crippen molar-refractivity contribution in [2.75, 3.05) is 23.3 Å². The predicted octanol–water partition coefficient (Wildman–Crippen LogP) is 5.92. The Morgan fingerprint density at radius 1 is 1.06 bits per heavy atom. The van der Waals surface area contributed by atoms with E-state index < -0.39 is 5.60 Å². The molecular weight excluding hydrogens is 452 g/mol. The molecule has 0 bridgehead atoms. The number of anilines is 3. The maximum Gasteiger partial charge on any atom is 0.410 e. The summed E-state index contributed by atoms with van der Waals surface area (Å²) in [6.45, 7) is 6.90. The van der Waals surface area contributed by atoms with Crippen LogP contribution in [0.1, 0.15) is 59.3 Å². The van der Waals surface area contributed by atoms with E-state index in [4.69, 9.17) is 9.72 Å². The molecule has 1 saturated heterocycles. The van der Waals surface area contributed by atoms with Crippen molar-refractivity contribution in [2.24, 2.45) is 0 Å². The number of pyridine rings is 3. The molecule has 0 unspecified atom stereocenters. The predicted molar refractivity (Wildman–Crippen MR) is 143 cm³/mol. The van der Waals surface area contributed by atoms with Crippen LogP contribution in [0.2, 0.25) is 0 Å². The number of hydrogen-bond donors (Lipinski definition) is 1. The number of aromatic nitrogens is 3. The molecule has 2 aliphatic rings. The number of ether oxygens (including phenoxy) is 1. The van der Waals surface area contributed by atoms with Gasteiger partial charge in [0.25, 0.3) is 0 Å². The smallest absolute Gasteiger partial charge is 0.410 e. The fourth-order valence-corrected chi connectivity index (χ4v) is 5.25. The van der Waals surface area contributed by atoms with Crippen LogP contribution >= 0.6 is 0 Å². The van der Waals surface area contributed by atoms with E-state index in [1.807, 2.05) is 57.6 Å². The maximum atomic E-state index is 12.8. The number of nitrogens with one attached hydrogen (secondary N) is 1. The summed E-state index contributed by atoms with van der Waals surface area (Å²) < 4.78 is 5.66. The SMILES string of the molecule is CC(C)(C)OC(=O)N1CC[C@@H](N(c2ccnc(NC3CCCCC3)c2)c2nccc3cnccc23)C1. The summed E-state index contributed by atoms with van der Waals surface area (Å²) in [5.74, 6) is 1.74. The first kappa shape index (κ1) is 24.3. The number of amides is 1. The number of carbonyl (C=O) groups excluding carboxylic acids is 1. The van der Waals surface area contributed by atoms with E-state index in [-0.39, 0.29) is 12.1 Å². The van der Waals surface area contributed by atoms with Crippen molar-refractivity contribution >= 4 is 34.2 Å². The van der Waals surface area contributed by atoms with E-state index in [0.29, 0.717) is 19.1 Å². The van der Waals surface area contributed by atoms with Gasteiger partial charge in [-0.25, -0.2) is 14.8 Å². The minimum atomic E-state index is -0.524. The molecule has 1 N–H and O–H groups in total. The van der Waals surface area contributed by atoms with Crippen molar-refractivity contribution < 1.29 is 9.53 Å². The Bertz CT molecular complexity index is 1200. The summed E-state index contributed by atoms with van der Waals surface area (Å²) in [5.41, 5.74) is 0.486. The molecule has 8 nitrogen and oxygen atoms in total. The molecule has 190 valence electrons. The summed E-state index contributed by atoms with van der Waals surface area (Å²) in [6, 6.07) is 8.65. The number of nitrogens with zero attached hydrogens (tertiary/aromatic N) is 5. The first-order valence-corrected chi connectivity index (χ1v) is 13.1.